The molecule has 1 saturated heterocycles. The zero-order chi connectivity index (χ0) is 18.5. The van der Waals surface area contributed by atoms with Gasteiger partial charge in [0.05, 0.1) is 5.56 Å². The maximum absolute atomic E-state index is 12.8. The van der Waals surface area contributed by atoms with E-state index in [9.17, 15) is 9.59 Å². The van der Waals surface area contributed by atoms with Gasteiger partial charge in [-0.1, -0.05) is 17.7 Å². The van der Waals surface area contributed by atoms with Crippen molar-refractivity contribution in [2.75, 3.05) is 31.5 Å². The zero-order valence-electron chi connectivity index (χ0n) is 14.6. The van der Waals surface area contributed by atoms with Crippen LogP contribution in [0.4, 0.5) is 5.69 Å². The number of aromatic nitrogens is 1. The van der Waals surface area contributed by atoms with Gasteiger partial charge in [-0.15, -0.1) is 0 Å². The average Bonchev–Trinajstić information content (AvgIpc) is 2.93. The Kier molecular flexibility index (Phi) is 5.85. The third-order valence-corrected chi connectivity index (χ3v) is 4.57. The molecule has 0 bridgehead atoms. The minimum Gasteiger partial charge on any atom is -0.337 e. The molecular formula is C19H21ClN4O2. The molecule has 0 atom stereocenters. The van der Waals surface area contributed by atoms with Crippen molar-refractivity contribution in [2.45, 2.75) is 13.3 Å². The molecule has 7 heteroatoms. The summed E-state index contributed by atoms with van der Waals surface area (Å²) in [7, 11) is 0. The fraction of sp³-hybridized carbons (Fsp3) is 0.316. The van der Waals surface area contributed by atoms with Gasteiger partial charge in [-0.3, -0.25) is 9.59 Å². The highest BCUT2D eigenvalue weighted by atomic mass is 35.5. The molecule has 2 amide bonds. The summed E-state index contributed by atoms with van der Waals surface area (Å²) in [5.74, 6) is -0.307. The average molecular weight is 373 g/mol. The second-order valence-electron chi connectivity index (χ2n) is 6.25. The van der Waals surface area contributed by atoms with E-state index in [2.05, 4.69) is 15.6 Å². The lowest BCUT2D eigenvalue weighted by atomic mass is 10.1. The van der Waals surface area contributed by atoms with E-state index in [0.717, 1.165) is 31.6 Å². The van der Waals surface area contributed by atoms with Crippen molar-refractivity contribution >= 4 is 29.1 Å². The molecule has 2 aromatic rings. The fourth-order valence-corrected chi connectivity index (χ4v) is 2.94. The van der Waals surface area contributed by atoms with E-state index >= 15 is 0 Å². The Morgan fingerprint density at radius 3 is 2.73 bits per heavy atom. The number of amides is 2. The molecule has 136 valence electrons. The lowest BCUT2D eigenvalue weighted by Crippen LogP contribution is -2.34. The van der Waals surface area contributed by atoms with Crippen LogP contribution in [-0.4, -0.2) is 47.9 Å². The molecule has 3 rings (SSSR count). The van der Waals surface area contributed by atoms with Gasteiger partial charge in [0.2, 0.25) is 0 Å². The Balaban J connectivity index is 1.77. The number of hydrogen-bond donors (Lipinski definition) is 2. The van der Waals surface area contributed by atoms with Crippen molar-refractivity contribution < 1.29 is 9.59 Å². The van der Waals surface area contributed by atoms with E-state index in [1.54, 1.807) is 24.3 Å². The van der Waals surface area contributed by atoms with E-state index in [0.29, 0.717) is 28.5 Å². The number of halogens is 1. The minimum atomic E-state index is -0.291. The number of nitrogens with one attached hydrogen (secondary N) is 2. The lowest BCUT2D eigenvalue weighted by Gasteiger charge is -2.20. The van der Waals surface area contributed by atoms with Gasteiger partial charge in [0.25, 0.3) is 11.8 Å². The van der Waals surface area contributed by atoms with Gasteiger partial charge in [-0.2, -0.15) is 0 Å². The highest BCUT2D eigenvalue weighted by molar-refractivity contribution is 6.29. The van der Waals surface area contributed by atoms with E-state index in [1.165, 1.54) is 6.20 Å². The summed E-state index contributed by atoms with van der Waals surface area (Å²) in [4.78, 5) is 30.9. The summed E-state index contributed by atoms with van der Waals surface area (Å²) < 4.78 is 0. The number of nitrogens with zero attached hydrogens (tertiary/aromatic N) is 2. The maximum Gasteiger partial charge on any atom is 0.257 e. The van der Waals surface area contributed by atoms with Crippen LogP contribution in [0.5, 0.6) is 0 Å². The first-order valence-electron chi connectivity index (χ1n) is 8.58. The first kappa shape index (κ1) is 18.4. The standard InChI is InChI=1S/C19H21ClN4O2/c1-13-3-4-14(19(26)24-9-2-7-21-8-10-24)11-16(13)23-18(25)15-5-6-17(20)22-12-15/h3-6,11-12,21H,2,7-10H2,1H3,(H,23,25). The third kappa shape index (κ3) is 4.39. The summed E-state index contributed by atoms with van der Waals surface area (Å²) in [5.41, 5.74) is 2.48. The first-order chi connectivity index (χ1) is 12.5. The quantitative estimate of drug-likeness (QED) is 0.812. The van der Waals surface area contributed by atoms with Crippen molar-refractivity contribution in [2.24, 2.45) is 0 Å². The number of anilines is 1. The largest absolute Gasteiger partial charge is 0.337 e. The van der Waals surface area contributed by atoms with Crippen molar-refractivity contribution in [1.29, 1.82) is 0 Å². The summed E-state index contributed by atoms with van der Waals surface area (Å²) in [6.45, 7) is 5.03. The van der Waals surface area contributed by atoms with Gasteiger partial charge in [-0.05, 0) is 49.7 Å². The molecular weight excluding hydrogens is 352 g/mol. The van der Waals surface area contributed by atoms with Crippen LogP contribution in [0.1, 0.15) is 32.7 Å². The summed E-state index contributed by atoms with van der Waals surface area (Å²) in [6, 6.07) is 8.56. The maximum atomic E-state index is 12.8. The van der Waals surface area contributed by atoms with E-state index in [-0.39, 0.29) is 11.8 Å². The number of carbonyl (C=O) groups is 2. The first-order valence-corrected chi connectivity index (χ1v) is 8.96. The molecule has 6 nitrogen and oxygen atoms in total. The molecule has 1 fully saturated rings. The highest BCUT2D eigenvalue weighted by Crippen LogP contribution is 2.20. The molecule has 0 radical (unpaired) electrons. The predicted molar refractivity (Wildman–Crippen MR) is 102 cm³/mol. The summed E-state index contributed by atoms with van der Waals surface area (Å²) >= 11 is 5.75. The van der Waals surface area contributed by atoms with Crippen LogP contribution in [0.25, 0.3) is 0 Å². The zero-order valence-corrected chi connectivity index (χ0v) is 15.3. The molecule has 26 heavy (non-hydrogen) atoms. The van der Waals surface area contributed by atoms with Gasteiger partial charge in [0.15, 0.2) is 0 Å². The van der Waals surface area contributed by atoms with Gasteiger partial charge in [0.1, 0.15) is 5.15 Å². The van der Waals surface area contributed by atoms with Crippen LogP contribution < -0.4 is 10.6 Å². The second-order valence-corrected chi connectivity index (χ2v) is 6.64. The monoisotopic (exact) mass is 372 g/mol. The van der Waals surface area contributed by atoms with Crippen LogP contribution in [0.15, 0.2) is 36.5 Å². The molecule has 0 saturated carbocycles. The number of carbonyl (C=O) groups excluding carboxylic acids is 2. The van der Waals surface area contributed by atoms with Gasteiger partial charge in [-0.25, -0.2) is 4.98 Å². The Labute approximate surface area is 157 Å². The number of rotatable bonds is 3. The van der Waals surface area contributed by atoms with Crippen LogP contribution in [0, 0.1) is 6.92 Å². The Hall–Kier alpha value is -2.44. The molecule has 1 aromatic heterocycles. The molecule has 1 aromatic carbocycles. The minimum absolute atomic E-state index is 0.0163. The third-order valence-electron chi connectivity index (χ3n) is 4.35. The van der Waals surface area contributed by atoms with Gasteiger partial charge in [0, 0.05) is 37.1 Å². The van der Waals surface area contributed by atoms with Crippen molar-refractivity contribution in [3.8, 4) is 0 Å². The van der Waals surface area contributed by atoms with Crippen LogP contribution >= 0.6 is 11.6 Å². The van der Waals surface area contributed by atoms with Crippen LogP contribution in [0.2, 0.25) is 5.15 Å². The van der Waals surface area contributed by atoms with Gasteiger partial charge < -0.3 is 15.5 Å². The highest BCUT2D eigenvalue weighted by Gasteiger charge is 2.18. The van der Waals surface area contributed by atoms with Crippen molar-refractivity contribution in [3.05, 3.63) is 58.4 Å². The summed E-state index contributed by atoms with van der Waals surface area (Å²) in [5, 5.41) is 6.47. The smallest absolute Gasteiger partial charge is 0.257 e. The van der Waals surface area contributed by atoms with Crippen LogP contribution in [-0.2, 0) is 0 Å². The molecule has 1 aliphatic rings. The number of hydrogen-bond acceptors (Lipinski definition) is 4. The summed E-state index contributed by atoms with van der Waals surface area (Å²) in [6.07, 6.45) is 2.36. The van der Waals surface area contributed by atoms with E-state index in [4.69, 9.17) is 11.6 Å². The van der Waals surface area contributed by atoms with Gasteiger partial charge >= 0.3 is 0 Å². The molecule has 1 aliphatic heterocycles. The fourth-order valence-electron chi connectivity index (χ4n) is 2.83. The molecule has 0 spiro atoms. The van der Waals surface area contributed by atoms with Crippen molar-refractivity contribution in [3.63, 3.8) is 0 Å². The lowest BCUT2D eigenvalue weighted by molar-refractivity contribution is 0.0766. The Morgan fingerprint density at radius 1 is 1.15 bits per heavy atom. The SMILES string of the molecule is Cc1ccc(C(=O)N2CCCNCC2)cc1NC(=O)c1ccc(Cl)nc1. The number of benzene rings is 1. The molecule has 0 unspecified atom stereocenters. The topological polar surface area (TPSA) is 74.3 Å². The Bertz CT molecular complexity index is 800. The Morgan fingerprint density at radius 2 is 1.96 bits per heavy atom. The normalized spacial score (nSPS) is 14.6. The second kappa shape index (κ2) is 8.29. The molecule has 2 N–H and O–H groups in total. The predicted octanol–water partition coefficient (Wildman–Crippen LogP) is 2.73. The molecule has 0 aliphatic carbocycles. The molecule has 2 heterocycles. The van der Waals surface area contributed by atoms with E-state index < -0.39 is 0 Å². The van der Waals surface area contributed by atoms with E-state index in [1.807, 2.05) is 17.9 Å². The van der Waals surface area contributed by atoms with Crippen molar-refractivity contribution in [1.82, 2.24) is 15.2 Å². The number of pyridine rings is 1. The number of aryl methyl sites for hydroxylation is 1. The van der Waals surface area contributed by atoms with Crippen LogP contribution in [0.3, 0.4) is 0 Å².